The van der Waals surface area contributed by atoms with Gasteiger partial charge in [0.2, 0.25) is 5.82 Å². The zero-order valence-electron chi connectivity index (χ0n) is 10.4. The number of nitro benzene ring substituents is 2. The van der Waals surface area contributed by atoms with Gasteiger partial charge in [-0.15, -0.1) is 0 Å². The van der Waals surface area contributed by atoms with E-state index in [2.05, 4.69) is 0 Å². The van der Waals surface area contributed by atoms with Gasteiger partial charge in [0.05, 0.1) is 20.8 Å². The van der Waals surface area contributed by atoms with Crippen LogP contribution in [-0.4, -0.2) is 9.85 Å². The predicted octanol–water partition coefficient (Wildman–Crippen LogP) is 3.38. The van der Waals surface area contributed by atoms with E-state index in [4.69, 9.17) is 5.73 Å². The number of benzene rings is 2. The van der Waals surface area contributed by atoms with Crippen LogP contribution in [-0.2, 0) is 0 Å². The monoisotopic (exact) mass is 309 g/mol. The molecule has 0 saturated heterocycles. The molecule has 2 aromatic carbocycles. The van der Waals surface area contributed by atoms with Gasteiger partial charge in [-0.05, 0) is 18.2 Å². The highest BCUT2D eigenvalue weighted by Gasteiger charge is 2.25. The lowest BCUT2D eigenvalue weighted by molar-refractivity contribution is -0.397. The summed E-state index contributed by atoms with van der Waals surface area (Å²) in [5.74, 6) is -1.13. The summed E-state index contributed by atoms with van der Waals surface area (Å²) in [6, 6.07) is 7.88. The van der Waals surface area contributed by atoms with Crippen LogP contribution in [0.3, 0.4) is 0 Å². The van der Waals surface area contributed by atoms with Crippen LogP contribution in [0.2, 0.25) is 0 Å². The van der Waals surface area contributed by atoms with Crippen molar-refractivity contribution in [2.24, 2.45) is 0 Å². The molecule has 0 unspecified atom stereocenters. The molecule has 0 amide bonds. The first-order chi connectivity index (χ1) is 9.88. The summed E-state index contributed by atoms with van der Waals surface area (Å²) in [7, 11) is 0. The van der Waals surface area contributed by atoms with Crippen molar-refractivity contribution in [1.29, 1.82) is 0 Å². The fraction of sp³-hybridized carbons (Fsp3) is 0. The van der Waals surface area contributed by atoms with E-state index in [0.717, 1.165) is 17.8 Å². The SMILES string of the molecule is Nc1cccc(Sc2cc(F)c([N+](=O)[O-])cc2[N+](=O)[O-])c1. The summed E-state index contributed by atoms with van der Waals surface area (Å²) in [5, 5.41) is 21.6. The minimum Gasteiger partial charge on any atom is -0.399 e. The maximum Gasteiger partial charge on any atom is 0.311 e. The molecule has 2 aromatic rings. The standard InChI is InChI=1S/C12H8FN3O4S/c13-9-5-12(21-8-3-1-2-7(14)4-8)11(16(19)20)6-10(9)15(17)18/h1-6H,14H2. The van der Waals surface area contributed by atoms with Crippen LogP contribution in [0.4, 0.5) is 21.5 Å². The molecule has 0 saturated carbocycles. The zero-order valence-corrected chi connectivity index (χ0v) is 11.2. The Morgan fingerprint density at radius 2 is 1.71 bits per heavy atom. The van der Waals surface area contributed by atoms with Crippen LogP contribution >= 0.6 is 11.8 Å². The first kappa shape index (κ1) is 14.7. The van der Waals surface area contributed by atoms with Crippen molar-refractivity contribution in [2.75, 3.05) is 5.73 Å². The maximum atomic E-state index is 13.6. The molecule has 9 heteroatoms. The predicted molar refractivity (Wildman–Crippen MR) is 74.7 cm³/mol. The third kappa shape index (κ3) is 3.26. The van der Waals surface area contributed by atoms with Gasteiger partial charge in [0.1, 0.15) is 0 Å². The molecule has 108 valence electrons. The van der Waals surface area contributed by atoms with Gasteiger partial charge >= 0.3 is 5.69 Å². The summed E-state index contributed by atoms with van der Waals surface area (Å²) >= 11 is 0.907. The van der Waals surface area contributed by atoms with Crippen molar-refractivity contribution in [1.82, 2.24) is 0 Å². The van der Waals surface area contributed by atoms with E-state index < -0.39 is 27.0 Å². The summed E-state index contributed by atoms with van der Waals surface area (Å²) < 4.78 is 13.6. The summed E-state index contributed by atoms with van der Waals surface area (Å²) in [4.78, 5) is 20.4. The number of rotatable bonds is 4. The van der Waals surface area contributed by atoms with Gasteiger partial charge in [0.15, 0.2) is 0 Å². The molecule has 7 nitrogen and oxygen atoms in total. The average Bonchev–Trinajstić information content (AvgIpc) is 2.37. The smallest absolute Gasteiger partial charge is 0.311 e. The van der Waals surface area contributed by atoms with Gasteiger partial charge in [0, 0.05) is 16.6 Å². The molecule has 0 fully saturated rings. The fourth-order valence-electron chi connectivity index (χ4n) is 1.60. The highest BCUT2D eigenvalue weighted by atomic mass is 32.2. The molecule has 0 heterocycles. The second kappa shape index (κ2) is 5.75. The molecule has 0 aromatic heterocycles. The number of nitrogens with two attached hydrogens (primary N) is 1. The highest BCUT2D eigenvalue weighted by Crippen LogP contribution is 2.38. The topological polar surface area (TPSA) is 112 Å². The average molecular weight is 309 g/mol. The number of nitrogens with zero attached hydrogens (tertiary/aromatic N) is 2. The Hall–Kier alpha value is -2.68. The molecular formula is C12H8FN3O4S. The number of nitrogen functional groups attached to an aromatic ring is 1. The lowest BCUT2D eigenvalue weighted by atomic mass is 10.2. The first-order valence-electron chi connectivity index (χ1n) is 5.54. The van der Waals surface area contributed by atoms with Gasteiger partial charge in [0.25, 0.3) is 5.69 Å². The van der Waals surface area contributed by atoms with Crippen molar-refractivity contribution in [3.05, 3.63) is 62.4 Å². The molecule has 2 N–H and O–H groups in total. The Bertz CT molecular complexity index is 738. The Kier molecular flexibility index (Phi) is 4.03. The maximum absolute atomic E-state index is 13.6. The first-order valence-corrected chi connectivity index (χ1v) is 6.36. The largest absolute Gasteiger partial charge is 0.399 e. The van der Waals surface area contributed by atoms with Crippen LogP contribution < -0.4 is 5.73 Å². The van der Waals surface area contributed by atoms with Crippen molar-refractivity contribution >= 4 is 28.8 Å². The van der Waals surface area contributed by atoms with E-state index in [1.165, 1.54) is 0 Å². The highest BCUT2D eigenvalue weighted by molar-refractivity contribution is 7.99. The summed E-state index contributed by atoms with van der Waals surface area (Å²) in [6.45, 7) is 0. The number of hydrogen-bond acceptors (Lipinski definition) is 6. The third-order valence-electron chi connectivity index (χ3n) is 2.51. The van der Waals surface area contributed by atoms with E-state index in [1.54, 1.807) is 24.3 Å². The quantitative estimate of drug-likeness (QED) is 0.526. The van der Waals surface area contributed by atoms with Crippen LogP contribution in [0.15, 0.2) is 46.2 Å². The van der Waals surface area contributed by atoms with Crippen LogP contribution in [0.25, 0.3) is 0 Å². The third-order valence-corrected chi connectivity index (χ3v) is 3.54. The number of anilines is 1. The van der Waals surface area contributed by atoms with Crippen LogP contribution in [0.1, 0.15) is 0 Å². The summed E-state index contributed by atoms with van der Waals surface area (Å²) in [6.07, 6.45) is 0. The van der Waals surface area contributed by atoms with Crippen molar-refractivity contribution in [3.8, 4) is 0 Å². The van der Waals surface area contributed by atoms with Gasteiger partial charge in [-0.3, -0.25) is 20.2 Å². The second-order valence-corrected chi connectivity index (χ2v) is 5.08. The molecule has 0 bridgehead atoms. The number of hydrogen-bond donors (Lipinski definition) is 1. The van der Waals surface area contributed by atoms with Gasteiger partial charge in [-0.25, -0.2) is 0 Å². The Morgan fingerprint density at radius 1 is 1.05 bits per heavy atom. The second-order valence-electron chi connectivity index (χ2n) is 3.96. The molecule has 0 spiro atoms. The number of nitro groups is 2. The molecule has 21 heavy (non-hydrogen) atoms. The van der Waals surface area contributed by atoms with Crippen LogP contribution in [0.5, 0.6) is 0 Å². The van der Waals surface area contributed by atoms with Crippen molar-refractivity contribution in [2.45, 2.75) is 9.79 Å². The molecule has 0 radical (unpaired) electrons. The number of halogens is 1. The van der Waals surface area contributed by atoms with Crippen LogP contribution in [0, 0.1) is 26.0 Å². The van der Waals surface area contributed by atoms with E-state index in [0.29, 0.717) is 16.6 Å². The fourth-order valence-corrected chi connectivity index (χ4v) is 2.60. The lowest BCUT2D eigenvalue weighted by Gasteiger charge is -2.04. The zero-order chi connectivity index (χ0) is 15.6. The molecule has 0 atom stereocenters. The lowest BCUT2D eigenvalue weighted by Crippen LogP contribution is -1.98. The van der Waals surface area contributed by atoms with E-state index in [-0.39, 0.29) is 4.90 Å². The van der Waals surface area contributed by atoms with E-state index in [1.807, 2.05) is 0 Å². The normalized spacial score (nSPS) is 10.3. The van der Waals surface area contributed by atoms with Gasteiger partial charge < -0.3 is 5.73 Å². The van der Waals surface area contributed by atoms with Crippen molar-refractivity contribution in [3.63, 3.8) is 0 Å². The van der Waals surface area contributed by atoms with Crippen molar-refractivity contribution < 1.29 is 14.2 Å². The van der Waals surface area contributed by atoms with E-state index >= 15 is 0 Å². The minimum atomic E-state index is -1.13. The molecule has 0 aliphatic heterocycles. The van der Waals surface area contributed by atoms with Gasteiger partial charge in [-0.2, -0.15) is 4.39 Å². The molecular weight excluding hydrogens is 301 g/mol. The molecule has 0 aliphatic rings. The molecule has 0 aliphatic carbocycles. The Balaban J connectivity index is 2.50. The van der Waals surface area contributed by atoms with Gasteiger partial charge in [-0.1, -0.05) is 17.8 Å². The van der Waals surface area contributed by atoms with E-state index in [9.17, 15) is 24.6 Å². The Morgan fingerprint density at radius 3 is 2.29 bits per heavy atom. The Labute approximate surface area is 121 Å². The summed E-state index contributed by atoms with van der Waals surface area (Å²) in [5.41, 5.74) is 4.58. The molecule has 2 rings (SSSR count). The minimum absolute atomic E-state index is 0.0336.